The largest absolute Gasteiger partial charge is 0.318 e. The Morgan fingerprint density at radius 1 is 0.826 bits per heavy atom. The molecule has 2 N–H and O–H groups in total. The Kier molecular flexibility index (Phi) is 3.13. The van der Waals surface area contributed by atoms with E-state index in [9.17, 15) is 10.0 Å². The maximum absolute atomic E-state index is 12.4. The quantitative estimate of drug-likeness (QED) is 0.451. The number of fused-ring (bicyclic) bond motifs is 2. The number of benzene rings is 2. The Morgan fingerprint density at radius 2 is 1.30 bits per heavy atom. The van der Waals surface area contributed by atoms with Crippen LogP contribution in [-0.4, -0.2) is 20.2 Å². The number of nitrogens with one attached hydrogen (secondary N) is 1. The highest BCUT2D eigenvalue weighted by molar-refractivity contribution is 5.88. The van der Waals surface area contributed by atoms with Gasteiger partial charge in [0.2, 0.25) is 0 Å². The molecule has 2 aromatic heterocycles. The number of para-hydroxylation sites is 2. The Hall–Kier alpha value is -3.05. The molecule has 0 spiro atoms. The van der Waals surface area contributed by atoms with Crippen molar-refractivity contribution in [2.45, 2.75) is 6.17 Å². The van der Waals surface area contributed by atoms with Crippen molar-refractivity contribution in [2.24, 2.45) is 0 Å². The molecule has 5 nitrogen and oxygen atoms in total. The minimum absolute atomic E-state index is 0.493. The van der Waals surface area contributed by atoms with E-state index in [4.69, 9.17) is 0 Å². The lowest BCUT2D eigenvalue weighted by Gasteiger charge is -2.21. The summed E-state index contributed by atoms with van der Waals surface area (Å²) in [6.07, 6.45) is 3.01. The van der Waals surface area contributed by atoms with E-state index in [-0.39, 0.29) is 0 Å². The highest BCUT2D eigenvalue weighted by Crippen LogP contribution is 2.25. The van der Waals surface area contributed by atoms with Gasteiger partial charge in [-0.25, -0.2) is 5.48 Å². The van der Waals surface area contributed by atoms with Crippen LogP contribution in [0.5, 0.6) is 0 Å². The smallest absolute Gasteiger partial charge is 0.287 e. The van der Waals surface area contributed by atoms with E-state index in [2.05, 4.69) is 0 Å². The molecule has 4 aromatic rings. The van der Waals surface area contributed by atoms with Crippen LogP contribution in [0.4, 0.5) is 0 Å². The molecule has 0 aliphatic rings. The molecule has 2 aromatic carbocycles. The van der Waals surface area contributed by atoms with E-state index >= 15 is 0 Å². The number of carbonyl (C=O) groups is 1. The van der Waals surface area contributed by atoms with Crippen LogP contribution in [0.25, 0.3) is 21.8 Å². The molecule has 0 atom stereocenters. The zero-order valence-corrected chi connectivity index (χ0v) is 12.3. The van der Waals surface area contributed by atoms with Crippen molar-refractivity contribution < 1.29 is 10.0 Å². The van der Waals surface area contributed by atoms with Gasteiger partial charge in [-0.05, 0) is 35.0 Å². The molecule has 5 heteroatoms. The van der Waals surface area contributed by atoms with Crippen LogP contribution in [0.1, 0.15) is 6.17 Å². The maximum atomic E-state index is 12.4. The molecule has 2 heterocycles. The number of aromatic nitrogens is 2. The van der Waals surface area contributed by atoms with Crippen molar-refractivity contribution in [3.8, 4) is 0 Å². The molecular weight excluding hydrogens is 290 g/mol. The van der Waals surface area contributed by atoms with E-state index in [1.165, 1.54) is 0 Å². The lowest BCUT2D eigenvalue weighted by atomic mass is 10.2. The molecule has 1 amide bonds. The standard InChI is InChI=1S/C18H15N3O2/c22-17(19-23)18(20-11-9-13-5-1-3-7-15(13)20)21-12-10-14-6-2-4-8-16(14)21/h1-12,18,23H,(H,19,22). The predicted octanol–water partition coefficient (Wildman–Crippen LogP) is 3.15. The van der Waals surface area contributed by atoms with Gasteiger partial charge in [0.1, 0.15) is 0 Å². The first-order chi connectivity index (χ1) is 11.3. The average Bonchev–Trinajstić information content (AvgIpc) is 3.20. The lowest BCUT2D eigenvalue weighted by Crippen LogP contribution is -2.34. The molecule has 0 saturated heterocycles. The topological polar surface area (TPSA) is 59.2 Å². The van der Waals surface area contributed by atoms with Gasteiger partial charge >= 0.3 is 0 Å². The second-order valence-corrected chi connectivity index (χ2v) is 5.41. The number of hydroxylamine groups is 1. The van der Waals surface area contributed by atoms with Gasteiger partial charge in [-0.15, -0.1) is 0 Å². The van der Waals surface area contributed by atoms with E-state index in [0.29, 0.717) is 0 Å². The van der Waals surface area contributed by atoms with E-state index < -0.39 is 12.1 Å². The van der Waals surface area contributed by atoms with Gasteiger partial charge in [-0.1, -0.05) is 36.4 Å². The summed E-state index contributed by atoms with van der Waals surface area (Å²) in [7, 11) is 0. The minimum Gasteiger partial charge on any atom is -0.318 e. The molecule has 0 radical (unpaired) electrons. The van der Waals surface area contributed by atoms with Gasteiger partial charge in [0.15, 0.2) is 6.17 Å². The van der Waals surface area contributed by atoms with Gasteiger partial charge in [-0.2, -0.15) is 0 Å². The maximum Gasteiger partial charge on any atom is 0.287 e. The molecule has 114 valence electrons. The van der Waals surface area contributed by atoms with E-state index in [0.717, 1.165) is 21.8 Å². The summed E-state index contributed by atoms with van der Waals surface area (Å²) in [5.74, 6) is -0.493. The second kappa shape index (κ2) is 5.30. The molecule has 0 aliphatic heterocycles. The lowest BCUT2D eigenvalue weighted by molar-refractivity contribution is -0.133. The Labute approximate surface area is 132 Å². The molecule has 0 aliphatic carbocycles. The fourth-order valence-electron chi connectivity index (χ4n) is 3.08. The highest BCUT2D eigenvalue weighted by Gasteiger charge is 2.24. The summed E-state index contributed by atoms with van der Waals surface area (Å²) in [6, 6.07) is 19.6. The van der Waals surface area contributed by atoms with Crippen molar-refractivity contribution in [3.05, 3.63) is 73.1 Å². The van der Waals surface area contributed by atoms with Crippen molar-refractivity contribution >= 4 is 27.7 Å². The Balaban J connectivity index is 1.97. The number of rotatable bonds is 3. The molecular formula is C18H15N3O2. The Bertz CT molecular complexity index is 926. The summed E-state index contributed by atoms with van der Waals surface area (Å²) in [4.78, 5) is 12.4. The van der Waals surface area contributed by atoms with Crippen molar-refractivity contribution in [1.82, 2.24) is 14.6 Å². The fourth-order valence-corrected chi connectivity index (χ4v) is 3.08. The minimum atomic E-state index is -0.709. The molecule has 23 heavy (non-hydrogen) atoms. The van der Waals surface area contributed by atoms with Crippen LogP contribution >= 0.6 is 0 Å². The van der Waals surface area contributed by atoms with Gasteiger partial charge in [-0.3, -0.25) is 10.0 Å². The number of hydrogen-bond donors (Lipinski definition) is 2. The zero-order valence-electron chi connectivity index (χ0n) is 12.3. The third-order valence-electron chi connectivity index (χ3n) is 4.13. The summed E-state index contributed by atoms with van der Waals surface area (Å²) in [5.41, 5.74) is 3.65. The fraction of sp³-hybridized carbons (Fsp3) is 0.0556. The molecule has 4 rings (SSSR count). The summed E-state index contributed by atoms with van der Waals surface area (Å²) < 4.78 is 3.71. The summed E-state index contributed by atoms with van der Waals surface area (Å²) in [5, 5.41) is 11.3. The first-order valence-corrected chi connectivity index (χ1v) is 7.35. The van der Waals surface area contributed by atoms with Crippen molar-refractivity contribution in [1.29, 1.82) is 0 Å². The summed E-state index contributed by atoms with van der Waals surface area (Å²) in [6.45, 7) is 0. The average molecular weight is 305 g/mol. The number of hydrogen-bond acceptors (Lipinski definition) is 2. The van der Waals surface area contributed by atoms with Crippen molar-refractivity contribution in [3.63, 3.8) is 0 Å². The third kappa shape index (κ3) is 2.10. The molecule has 0 saturated carbocycles. The number of nitrogens with zero attached hydrogens (tertiary/aromatic N) is 2. The Morgan fingerprint density at radius 3 is 1.78 bits per heavy atom. The van der Waals surface area contributed by atoms with Gasteiger partial charge < -0.3 is 9.13 Å². The molecule has 0 bridgehead atoms. The predicted molar refractivity (Wildman–Crippen MR) is 88.2 cm³/mol. The normalized spacial score (nSPS) is 11.4. The van der Waals surface area contributed by atoms with Gasteiger partial charge in [0.05, 0.1) is 11.0 Å². The monoisotopic (exact) mass is 305 g/mol. The van der Waals surface area contributed by atoms with Crippen LogP contribution in [0.3, 0.4) is 0 Å². The molecule has 0 fully saturated rings. The van der Waals surface area contributed by atoms with Crippen LogP contribution in [0.2, 0.25) is 0 Å². The van der Waals surface area contributed by atoms with Gasteiger partial charge in [0, 0.05) is 12.4 Å². The van der Waals surface area contributed by atoms with Gasteiger partial charge in [0.25, 0.3) is 5.91 Å². The zero-order chi connectivity index (χ0) is 15.8. The first-order valence-electron chi connectivity index (χ1n) is 7.35. The van der Waals surface area contributed by atoms with E-state index in [1.54, 1.807) is 5.48 Å². The van der Waals surface area contributed by atoms with Crippen molar-refractivity contribution in [2.75, 3.05) is 0 Å². The summed E-state index contributed by atoms with van der Waals surface area (Å²) >= 11 is 0. The van der Waals surface area contributed by atoms with Crippen LogP contribution in [-0.2, 0) is 4.79 Å². The third-order valence-corrected chi connectivity index (χ3v) is 4.13. The van der Waals surface area contributed by atoms with Crippen LogP contribution in [0, 0.1) is 0 Å². The SMILES string of the molecule is O=C(NO)C(n1ccc2ccccc21)n1ccc2ccccc21. The highest BCUT2D eigenvalue weighted by atomic mass is 16.5. The first kappa shape index (κ1) is 13.6. The van der Waals surface area contributed by atoms with Crippen LogP contribution < -0.4 is 5.48 Å². The molecule has 0 unspecified atom stereocenters. The van der Waals surface area contributed by atoms with Crippen LogP contribution in [0.15, 0.2) is 73.1 Å². The van der Waals surface area contributed by atoms with E-state index in [1.807, 2.05) is 82.2 Å². The number of carbonyl (C=O) groups excluding carboxylic acids is 1. The number of amides is 1. The second-order valence-electron chi connectivity index (χ2n) is 5.41.